The molecule has 3 aromatic heterocycles. The molecular formula is C19H18N4O2S. The van der Waals surface area contributed by atoms with Crippen molar-refractivity contribution in [2.24, 2.45) is 0 Å². The number of ether oxygens (including phenoxy) is 1. The van der Waals surface area contributed by atoms with Crippen molar-refractivity contribution in [2.75, 3.05) is 26.3 Å². The predicted octanol–water partition coefficient (Wildman–Crippen LogP) is 3.17. The first kappa shape index (κ1) is 15.6. The van der Waals surface area contributed by atoms with Crippen molar-refractivity contribution in [2.45, 2.75) is 6.42 Å². The fourth-order valence-electron chi connectivity index (χ4n) is 3.54. The SMILES string of the molecule is O=C(c1ccc2[nH]cc(Cc3c[nH]c4ncsc34)c2c1)N1CCOCC1. The number of nitrogens with zero attached hydrogens (tertiary/aromatic N) is 2. The molecule has 1 saturated heterocycles. The lowest BCUT2D eigenvalue weighted by atomic mass is 10.0. The maximum absolute atomic E-state index is 12.8. The van der Waals surface area contributed by atoms with Gasteiger partial charge in [0.05, 0.1) is 23.4 Å². The number of amides is 1. The number of nitrogens with one attached hydrogen (secondary N) is 2. The van der Waals surface area contributed by atoms with Gasteiger partial charge in [0.25, 0.3) is 5.91 Å². The molecule has 0 unspecified atom stereocenters. The van der Waals surface area contributed by atoms with Gasteiger partial charge in [-0.05, 0) is 29.3 Å². The number of hydrogen-bond donors (Lipinski definition) is 2. The van der Waals surface area contributed by atoms with E-state index in [1.54, 1.807) is 11.3 Å². The highest BCUT2D eigenvalue weighted by Gasteiger charge is 2.19. The fraction of sp³-hybridized carbons (Fsp3) is 0.263. The molecule has 1 aliphatic rings. The number of aromatic amines is 2. The number of aromatic nitrogens is 3. The molecule has 26 heavy (non-hydrogen) atoms. The minimum Gasteiger partial charge on any atom is -0.378 e. The van der Waals surface area contributed by atoms with Crippen molar-refractivity contribution in [3.63, 3.8) is 0 Å². The highest BCUT2D eigenvalue weighted by atomic mass is 32.1. The average molecular weight is 366 g/mol. The topological polar surface area (TPSA) is 74.0 Å². The molecule has 0 bridgehead atoms. The van der Waals surface area contributed by atoms with Crippen molar-refractivity contribution < 1.29 is 9.53 Å². The number of hydrogen-bond acceptors (Lipinski definition) is 4. The van der Waals surface area contributed by atoms with Gasteiger partial charge in [-0.2, -0.15) is 0 Å². The summed E-state index contributed by atoms with van der Waals surface area (Å²) >= 11 is 1.65. The average Bonchev–Trinajstić information content (AvgIpc) is 3.39. The maximum Gasteiger partial charge on any atom is 0.254 e. The number of morpholine rings is 1. The number of fused-ring (bicyclic) bond motifs is 2. The van der Waals surface area contributed by atoms with Crippen LogP contribution in [0.3, 0.4) is 0 Å². The number of thiazole rings is 1. The van der Waals surface area contributed by atoms with E-state index in [1.807, 2.05) is 41.0 Å². The molecular weight excluding hydrogens is 348 g/mol. The van der Waals surface area contributed by atoms with Gasteiger partial charge in [0.1, 0.15) is 5.65 Å². The Morgan fingerprint density at radius 2 is 2.04 bits per heavy atom. The third-order valence-electron chi connectivity index (χ3n) is 4.94. The van der Waals surface area contributed by atoms with Crippen molar-refractivity contribution in [1.29, 1.82) is 0 Å². The van der Waals surface area contributed by atoms with Gasteiger partial charge < -0.3 is 19.6 Å². The second-order valence-electron chi connectivity index (χ2n) is 6.50. The number of carbonyl (C=O) groups excluding carboxylic acids is 1. The molecule has 1 fully saturated rings. The van der Waals surface area contributed by atoms with E-state index in [9.17, 15) is 4.79 Å². The van der Waals surface area contributed by atoms with E-state index in [0.717, 1.165) is 28.5 Å². The van der Waals surface area contributed by atoms with Crippen molar-refractivity contribution in [1.82, 2.24) is 19.9 Å². The van der Waals surface area contributed by atoms with Crippen LogP contribution >= 0.6 is 11.3 Å². The number of H-pyrrole nitrogens is 2. The number of carbonyl (C=O) groups is 1. The summed E-state index contributed by atoms with van der Waals surface area (Å²) in [4.78, 5) is 25.5. The summed E-state index contributed by atoms with van der Waals surface area (Å²) in [5.74, 6) is 0.0776. The summed E-state index contributed by atoms with van der Waals surface area (Å²) in [5.41, 5.74) is 7.00. The summed E-state index contributed by atoms with van der Waals surface area (Å²) in [6.07, 6.45) is 4.86. The van der Waals surface area contributed by atoms with E-state index in [-0.39, 0.29) is 5.91 Å². The molecule has 1 aromatic carbocycles. The second-order valence-corrected chi connectivity index (χ2v) is 7.35. The van der Waals surface area contributed by atoms with E-state index in [1.165, 1.54) is 15.8 Å². The lowest BCUT2D eigenvalue weighted by molar-refractivity contribution is 0.0303. The van der Waals surface area contributed by atoms with Gasteiger partial charge in [0.2, 0.25) is 0 Å². The lowest BCUT2D eigenvalue weighted by Crippen LogP contribution is -2.40. The monoisotopic (exact) mass is 366 g/mol. The van der Waals surface area contributed by atoms with Crippen molar-refractivity contribution in [3.05, 3.63) is 52.8 Å². The molecule has 0 radical (unpaired) electrons. The highest BCUT2D eigenvalue weighted by molar-refractivity contribution is 7.16. The molecule has 0 atom stereocenters. The zero-order valence-electron chi connectivity index (χ0n) is 14.1. The van der Waals surface area contributed by atoms with Gasteiger partial charge in [0, 0.05) is 48.4 Å². The Kier molecular flexibility index (Phi) is 3.76. The molecule has 2 N–H and O–H groups in total. The molecule has 132 valence electrons. The zero-order valence-corrected chi connectivity index (χ0v) is 14.9. The molecule has 0 saturated carbocycles. The summed E-state index contributed by atoms with van der Waals surface area (Å²) in [6.45, 7) is 2.54. The minimum absolute atomic E-state index is 0.0776. The Hall–Kier alpha value is -2.64. The molecule has 1 amide bonds. The normalized spacial score (nSPS) is 15.2. The summed E-state index contributed by atoms with van der Waals surface area (Å²) in [7, 11) is 0. The van der Waals surface area contributed by atoms with Crippen LogP contribution in [0.4, 0.5) is 0 Å². The van der Waals surface area contributed by atoms with Gasteiger partial charge >= 0.3 is 0 Å². The van der Waals surface area contributed by atoms with Crippen LogP contribution in [-0.2, 0) is 11.2 Å². The molecule has 4 aromatic rings. The quantitative estimate of drug-likeness (QED) is 0.585. The van der Waals surface area contributed by atoms with E-state index < -0.39 is 0 Å². The summed E-state index contributed by atoms with van der Waals surface area (Å²) < 4.78 is 6.54. The van der Waals surface area contributed by atoms with Crippen molar-refractivity contribution in [3.8, 4) is 0 Å². The van der Waals surface area contributed by atoms with Crippen LogP contribution in [0.5, 0.6) is 0 Å². The first-order valence-electron chi connectivity index (χ1n) is 8.66. The molecule has 1 aliphatic heterocycles. The fourth-order valence-corrected chi connectivity index (χ4v) is 4.31. The Morgan fingerprint density at radius 3 is 2.92 bits per heavy atom. The van der Waals surface area contributed by atoms with E-state index in [2.05, 4.69) is 15.0 Å². The Balaban J connectivity index is 1.49. The molecule has 4 heterocycles. The van der Waals surface area contributed by atoms with Gasteiger partial charge in [-0.25, -0.2) is 4.98 Å². The first-order valence-corrected chi connectivity index (χ1v) is 9.54. The van der Waals surface area contributed by atoms with Gasteiger partial charge in [0.15, 0.2) is 0 Å². The zero-order chi connectivity index (χ0) is 17.5. The van der Waals surface area contributed by atoms with Crippen molar-refractivity contribution >= 4 is 38.5 Å². The lowest BCUT2D eigenvalue weighted by Gasteiger charge is -2.26. The van der Waals surface area contributed by atoms with E-state index in [0.29, 0.717) is 26.3 Å². The second kappa shape index (κ2) is 6.26. The van der Waals surface area contributed by atoms with E-state index in [4.69, 9.17) is 4.74 Å². The Labute approximate surface area is 153 Å². The predicted molar refractivity (Wildman–Crippen MR) is 102 cm³/mol. The van der Waals surface area contributed by atoms with E-state index >= 15 is 0 Å². The van der Waals surface area contributed by atoms with Gasteiger partial charge in [-0.15, -0.1) is 11.3 Å². The van der Waals surface area contributed by atoms with Crippen LogP contribution in [0.2, 0.25) is 0 Å². The first-order chi connectivity index (χ1) is 12.8. The minimum atomic E-state index is 0.0776. The van der Waals surface area contributed by atoms with Gasteiger partial charge in [-0.3, -0.25) is 4.79 Å². The molecule has 7 heteroatoms. The van der Waals surface area contributed by atoms with Crippen LogP contribution in [-0.4, -0.2) is 52.1 Å². The standard InChI is InChI=1S/C19H18N4O2S/c24-19(23-3-5-25-6-4-23)12-1-2-16-15(8-12)13(9-20-16)7-14-10-21-18-17(14)26-11-22-18/h1-2,8-11,20-21H,3-7H2. The summed E-state index contributed by atoms with van der Waals surface area (Å²) in [6, 6.07) is 5.90. The highest BCUT2D eigenvalue weighted by Crippen LogP contribution is 2.28. The maximum atomic E-state index is 12.8. The smallest absolute Gasteiger partial charge is 0.254 e. The summed E-state index contributed by atoms with van der Waals surface area (Å²) in [5, 5.41) is 1.10. The van der Waals surface area contributed by atoms with Crippen LogP contribution in [0.15, 0.2) is 36.1 Å². The molecule has 0 spiro atoms. The van der Waals surface area contributed by atoms with Crippen LogP contribution in [0.1, 0.15) is 21.5 Å². The van der Waals surface area contributed by atoms with Crippen LogP contribution < -0.4 is 0 Å². The molecule has 6 nitrogen and oxygen atoms in total. The number of rotatable bonds is 3. The number of benzene rings is 1. The van der Waals surface area contributed by atoms with Crippen LogP contribution in [0, 0.1) is 0 Å². The third kappa shape index (κ3) is 2.60. The third-order valence-corrected chi connectivity index (χ3v) is 5.84. The van der Waals surface area contributed by atoms with Crippen LogP contribution in [0.25, 0.3) is 21.3 Å². The Bertz CT molecular complexity index is 1090. The van der Waals surface area contributed by atoms with Gasteiger partial charge in [-0.1, -0.05) is 0 Å². The molecule has 5 rings (SSSR count). The Morgan fingerprint density at radius 1 is 1.19 bits per heavy atom. The largest absolute Gasteiger partial charge is 0.378 e. The molecule has 0 aliphatic carbocycles.